The van der Waals surface area contributed by atoms with Crippen LogP contribution in [0.5, 0.6) is 0 Å². The first-order valence-corrected chi connectivity index (χ1v) is 6.98. The Balaban J connectivity index is 1.98. The number of hydrogen-bond acceptors (Lipinski definition) is 2. The van der Waals surface area contributed by atoms with Gasteiger partial charge in [0.1, 0.15) is 0 Å². The minimum atomic E-state index is 0.224. The van der Waals surface area contributed by atoms with Crippen molar-refractivity contribution in [3.63, 3.8) is 0 Å². The van der Waals surface area contributed by atoms with Crippen LogP contribution in [-0.4, -0.2) is 19.8 Å². The average molecular weight is 245 g/mol. The first kappa shape index (κ1) is 12.0. The van der Waals surface area contributed by atoms with Gasteiger partial charge in [0, 0.05) is 30.9 Å². The van der Waals surface area contributed by atoms with Gasteiger partial charge in [-0.15, -0.1) is 0 Å². The summed E-state index contributed by atoms with van der Waals surface area (Å²) in [5, 5.41) is 3.62. The molecule has 0 bridgehead atoms. The molecule has 98 valence electrons. The number of benzene rings is 1. The van der Waals surface area contributed by atoms with E-state index in [4.69, 9.17) is 4.74 Å². The summed E-state index contributed by atoms with van der Waals surface area (Å²) < 4.78 is 5.52. The summed E-state index contributed by atoms with van der Waals surface area (Å²) in [7, 11) is 0. The van der Waals surface area contributed by atoms with Gasteiger partial charge < -0.3 is 10.1 Å². The second-order valence-electron chi connectivity index (χ2n) is 6.76. The van der Waals surface area contributed by atoms with E-state index in [2.05, 4.69) is 44.3 Å². The monoisotopic (exact) mass is 245 g/mol. The third kappa shape index (κ3) is 1.83. The topological polar surface area (TPSA) is 21.3 Å². The van der Waals surface area contributed by atoms with E-state index in [-0.39, 0.29) is 5.41 Å². The summed E-state index contributed by atoms with van der Waals surface area (Å²) in [6.07, 6.45) is 2.31. The molecule has 0 saturated carbocycles. The zero-order valence-corrected chi connectivity index (χ0v) is 11.7. The van der Waals surface area contributed by atoms with E-state index in [1.54, 1.807) is 0 Å². The van der Waals surface area contributed by atoms with Gasteiger partial charge >= 0.3 is 0 Å². The molecule has 2 nitrogen and oxygen atoms in total. The molecule has 0 aliphatic carbocycles. The fourth-order valence-corrected chi connectivity index (χ4v) is 3.19. The van der Waals surface area contributed by atoms with Crippen LogP contribution < -0.4 is 5.32 Å². The fraction of sp³-hybridized carbons (Fsp3) is 0.625. The maximum Gasteiger partial charge on any atom is 0.0475 e. The molecule has 3 rings (SSSR count). The van der Waals surface area contributed by atoms with Crippen molar-refractivity contribution in [3.05, 3.63) is 29.3 Å². The van der Waals surface area contributed by atoms with Gasteiger partial charge in [-0.05, 0) is 35.4 Å². The molecule has 2 heterocycles. The molecule has 0 amide bonds. The lowest BCUT2D eigenvalue weighted by Crippen LogP contribution is -2.35. The molecule has 2 heteroatoms. The van der Waals surface area contributed by atoms with Crippen molar-refractivity contribution < 1.29 is 4.74 Å². The third-order valence-corrected chi connectivity index (χ3v) is 4.52. The summed E-state index contributed by atoms with van der Waals surface area (Å²) in [6.45, 7) is 9.71. The fourth-order valence-electron chi connectivity index (χ4n) is 3.19. The lowest BCUT2D eigenvalue weighted by atomic mass is 9.75. The molecule has 2 aliphatic rings. The zero-order valence-electron chi connectivity index (χ0n) is 11.7. The molecule has 0 atom stereocenters. The maximum absolute atomic E-state index is 5.52. The maximum atomic E-state index is 5.52. The van der Waals surface area contributed by atoms with Gasteiger partial charge in [-0.3, -0.25) is 0 Å². The van der Waals surface area contributed by atoms with E-state index in [1.165, 1.54) is 16.8 Å². The van der Waals surface area contributed by atoms with Crippen LogP contribution in [0.25, 0.3) is 0 Å². The highest BCUT2D eigenvalue weighted by Crippen LogP contribution is 2.44. The van der Waals surface area contributed by atoms with E-state index in [1.807, 2.05) is 0 Å². The van der Waals surface area contributed by atoms with Gasteiger partial charge in [-0.2, -0.15) is 0 Å². The highest BCUT2D eigenvalue weighted by atomic mass is 16.5. The summed E-state index contributed by atoms with van der Waals surface area (Å²) in [6, 6.07) is 7.00. The largest absolute Gasteiger partial charge is 0.384 e. The van der Waals surface area contributed by atoms with E-state index < -0.39 is 0 Å². The lowest BCUT2D eigenvalue weighted by Gasteiger charge is -2.33. The molecular weight excluding hydrogens is 222 g/mol. The highest BCUT2D eigenvalue weighted by molar-refractivity contribution is 5.62. The SMILES string of the molecule is CC(C)(C)c1ccc2c(c1)NCC21CCOCC1. The van der Waals surface area contributed by atoms with Crippen LogP contribution in [0, 0.1) is 0 Å². The van der Waals surface area contributed by atoms with Gasteiger partial charge in [-0.25, -0.2) is 0 Å². The highest BCUT2D eigenvalue weighted by Gasteiger charge is 2.40. The van der Waals surface area contributed by atoms with Gasteiger partial charge in [-0.1, -0.05) is 32.9 Å². The number of rotatable bonds is 0. The molecule has 1 fully saturated rings. The zero-order chi connectivity index (χ0) is 12.8. The second-order valence-corrected chi connectivity index (χ2v) is 6.76. The number of fused-ring (bicyclic) bond motifs is 2. The Labute approximate surface area is 110 Å². The lowest BCUT2D eigenvalue weighted by molar-refractivity contribution is 0.0567. The van der Waals surface area contributed by atoms with Crippen molar-refractivity contribution in [1.82, 2.24) is 0 Å². The van der Waals surface area contributed by atoms with E-state index in [0.717, 1.165) is 32.6 Å². The number of ether oxygens (including phenoxy) is 1. The molecule has 0 unspecified atom stereocenters. The Kier molecular flexibility index (Phi) is 2.67. The Bertz CT molecular complexity index is 453. The average Bonchev–Trinajstić information content (AvgIpc) is 2.68. The number of hydrogen-bond donors (Lipinski definition) is 1. The van der Waals surface area contributed by atoms with Crippen molar-refractivity contribution in [2.45, 2.75) is 44.4 Å². The van der Waals surface area contributed by atoms with Crippen molar-refractivity contribution in [2.24, 2.45) is 0 Å². The quantitative estimate of drug-likeness (QED) is 0.756. The van der Waals surface area contributed by atoms with E-state index in [0.29, 0.717) is 5.41 Å². The van der Waals surface area contributed by atoms with Gasteiger partial charge in [0.05, 0.1) is 0 Å². The molecule has 0 aromatic heterocycles. The smallest absolute Gasteiger partial charge is 0.0475 e. The van der Waals surface area contributed by atoms with Crippen LogP contribution in [0.15, 0.2) is 18.2 Å². The normalized spacial score (nSPS) is 21.7. The van der Waals surface area contributed by atoms with Crippen LogP contribution in [0.2, 0.25) is 0 Å². The van der Waals surface area contributed by atoms with Crippen LogP contribution in [-0.2, 0) is 15.6 Å². The van der Waals surface area contributed by atoms with Crippen LogP contribution in [0.4, 0.5) is 5.69 Å². The summed E-state index contributed by atoms with van der Waals surface area (Å²) in [5.41, 5.74) is 4.84. The molecule has 2 aliphatic heterocycles. The third-order valence-electron chi connectivity index (χ3n) is 4.52. The van der Waals surface area contributed by atoms with Crippen LogP contribution >= 0.6 is 0 Å². The van der Waals surface area contributed by atoms with Crippen molar-refractivity contribution in [2.75, 3.05) is 25.1 Å². The summed E-state index contributed by atoms with van der Waals surface area (Å²) in [4.78, 5) is 0. The Morgan fingerprint density at radius 3 is 2.56 bits per heavy atom. The minimum absolute atomic E-state index is 0.224. The van der Waals surface area contributed by atoms with E-state index in [9.17, 15) is 0 Å². The summed E-state index contributed by atoms with van der Waals surface area (Å²) >= 11 is 0. The van der Waals surface area contributed by atoms with Gasteiger partial charge in [0.15, 0.2) is 0 Å². The van der Waals surface area contributed by atoms with Crippen LogP contribution in [0.1, 0.15) is 44.7 Å². The number of anilines is 1. The Morgan fingerprint density at radius 2 is 1.89 bits per heavy atom. The first-order valence-electron chi connectivity index (χ1n) is 6.98. The minimum Gasteiger partial charge on any atom is -0.384 e. The predicted octanol–water partition coefficient (Wildman–Crippen LogP) is 3.46. The second kappa shape index (κ2) is 3.99. The molecular formula is C16H23NO. The summed E-state index contributed by atoms with van der Waals surface area (Å²) in [5.74, 6) is 0. The predicted molar refractivity (Wildman–Crippen MR) is 75.4 cm³/mol. The molecule has 1 N–H and O–H groups in total. The molecule has 1 aromatic rings. The molecule has 1 spiro atoms. The standard InChI is InChI=1S/C16H23NO/c1-15(2,3)12-4-5-13-14(10-12)17-11-16(13)6-8-18-9-7-16/h4-5,10,17H,6-9,11H2,1-3H3. The Hall–Kier alpha value is -1.02. The molecule has 1 aromatic carbocycles. The number of nitrogens with one attached hydrogen (secondary N) is 1. The van der Waals surface area contributed by atoms with Crippen molar-refractivity contribution in [3.8, 4) is 0 Å². The van der Waals surface area contributed by atoms with Crippen molar-refractivity contribution >= 4 is 5.69 Å². The van der Waals surface area contributed by atoms with Crippen LogP contribution in [0.3, 0.4) is 0 Å². The molecule has 1 saturated heterocycles. The van der Waals surface area contributed by atoms with Gasteiger partial charge in [0.25, 0.3) is 0 Å². The molecule has 18 heavy (non-hydrogen) atoms. The Morgan fingerprint density at radius 1 is 1.17 bits per heavy atom. The molecule has 0 radical (unpaired) electrons. The first-order chi connectivity index (χ1) is 8.51. The van der Waals surface area contributed by atoms with Gasteiger partial charge in [0.2, 0.25) is 0 Å². The van der Waals surface area contributed by atoms with E-state index >= 15 is 0 Å². The van der Waals surface area contributed by atoms with Crippen molar-refractivity contribution in [1.29, 1.82) is 0 Å².